The van der Waals surface area contributed by atoms with Crippen molar-refractivity contribution in [1.82, 2.24) is 0 Å². The molecule has 1 aliphatic rings. The Balaban J connectivity index is 1.70. The van der Waals surface area contributed by atoms with Gasteiger partial charge in [0.25, 0.3) is 0 Å². The summed E-state index contributed by atoms with van der Waals surface area (Å²) in [5, 5.41) is 2.98. The number of amides is 2. The fraction of sp³-hybridized carbons (Fsp3) is 0.259. The molecule has 0 spiro atoms. The van der Waals surface area contributed by atoms with Gasteiger partial charge >= 0.3 is 0 Å². The van der Waals surface area contributed by atoms with E-state index in [2.05, 4.69) is 5.32 Å². The van der Waals surface area contributed by atoms with Gasteiger partial charge in [0.1, 0.15) is 17.2 Å². The number of rotatable bonds is 8. The molecule has 176 valence electrons. The van der Waals surface area contributed by atoms with Crippen molar-refractivity contribution in [2.45, 2.75) is 19.4 Å². The molecule has 0 aromatic heterocycles. The van der Waals surface area contributed by atoms with Gasteiger partial charge in [0.15, 0.2) is 0 Å². The lowest BCUT2D eigenvalue weighted by Crippen LogP contribution is -2.32. The number of para-hydroxylation sites is 2. The molecule has 2 atom stereocenters. The molecule has 34 heavy (non-hydrogen) atoms. The molecule has 1 N–H and O–H groups in total. The maximum absolute atomic E-state index is 13.5. The zero-order valence-electron chi connectivity index (χ0n) is 19.5. The Kier molecular flexibility index (Phi) is 7.01. The average molecular weight is 461 g/mol. The van der Waals surface area contributed by atoms with Gasteiger partial charge in [-0.25, -0.2) is 0 Å². The number of benzene rings is 3. The molecule has 3 aromatic carbocycles. The number of methoxy groups -OCH3 is 2. The van der Waals surface area contributed by atoms with Crippen molar-refractivity contribution >= 4 is 23.2 Å². The molecule has 0 unspecified atom stereocenters. The smallest absolute Gasteiger partial charge is 0.230 e. The Morgan fingerprint density at radius 1 is 0.941 bits per heavy atom. The monoisotopic (exact) mass is 460 g/mol. The van der Waals surface area contributed by atoms with Crippen LogP contribution >= 0.6 is 0 Å². The minimum absolute atomic E-state index is 0.0887. The first-order valence-electron chi connectivity index (χ1n) is 11.2. The van der Waals surface area contributed by atoms with E-state index in [-0.39, 0.29) is 18.2 Å². The van der Waals surface area contributed by atoms with E-state index in [1.165, 1.54) is 0 Å². The lowest BCUT2D eigenvalue weighted by Gasteiger charge is -2.29. The zero-order valence-corrected chi connectivity index (χ0v) is 19.5. The first-order chi connectivity index (χ1) is 16.5. The number of hydrogen-bond donors (Lipinski definition) is 1. The number of carbonyl (C=O) groups excluding carboxylic acids is 2. The third-order valence-corrected chi connectivity index (χ3v) is 5.91. The average Bonchev–Trinajstić information content (AvgIpc) is 3.22. The van der Waals surface area contributed by atoms with Gasteiger partial charge in [0.05, 0.1) is 38.5 Å². The topological polar surface area (TPSA) is 77.1 Å². The van der Waals surface area contributed by atoms with Crippen molar-refractivity contribution in [3.63, 3.8) is 0 Å². The van der Waals surface area contributed by atoms with E-state index in [9.17, 15) is 9.59 Å². The van der Waals surface area contributed by atoms with Gasteiger partial charge in [-0.05, 0) is 61.0 Å². The Hall–Kier alpha value is -4.00. The van der Waals surface area contributed by atoms with Crippen molar-refractivity contribution in [3.05, 3.63) is 78.4 Å². The van der Waals surface area contributed by atoms with Gasteiger partial charge in [0.2, 0.25) is 11.8 Å². The van der Waals surface area contributed by atoms with Crippen LogP contribution in [-0.4, -0.2) is 32.6 Å². The lowest BCUT2D eigenvalue weighted by atomic mass is 9.92. The van der Waals surface area contributed by atoms with E-state index in [4.69, 9.17) is 14.2 Å². The number of carbonyl (C=O) groups is 2. The molecular weight excluding hydrogens is 432 g/mol. The molecule has 1 aliphatic heterocycles. The van der Waals surface area contributed by atoms with Crippen molar-refractivity contribution < 1.29 is 23.8 Å². The lowest BCUT2D eigenvalue weighted by molar-refractivity contribution is -0.122. The maximum Gasteiger partial charge on any atom is 0.230 e. The second-order valence-corrected chi connectivity index (χ2v) is 7.91. The van der Waals surface area contributed by atoms with Crippen LogP contribution < -0.4 is 24.4 Å². The van der Waals surface area contributed by atoms with Crippen molar-refractivity contribution in [2.24, 2.45) is 5.92 Å². The predicted molar refractivity (Wildman–Crippen MR) is 131 cm³/mol. The van der Waals surface area contributed by atoms with Crippen LogP contribution in [0.2, 0.25) is 0 Å². The molecule has 0 bridgehead atoms. The second kappa shape index (κ2) is 10.3. The van der Waals surface area contributed by atoms with Gasteiger partial charge in [-0.2, -0.15) is 0 Å². The van der Waals surface area contributed by atoms with Gasteiger partial charge in [-0.1, -0.05) is 24.3 Å². The molecule has 4 rings (SSSR count). The molecule has 0 aliphatic carbocycles. The highest BCUT2D eigenvalue weighted by Gasteiger charge is 2.45. The van der Waals surface area contributed by atoms with Gasteiger partial charge < -0.3 is 24.4 Å². The highest BCUT2D eigenvalue weighted by Crippen LogP contribution is 2.43. The quantitative estimate of drug-likeness (QED) is 0.521. The molecular formula is C27H28N2O5. The summed E-state index contributed by atoms with van der Waals surface area (Å²) in [4.78, 5) is 28.4. The summed E-state index contributed by atoms with van der Waals surface area (Å²) in [7, 11) is 3.19. The van der Waals surface area contributed by atoms with E-state index in [1.54, 1.807) is 37.3 Å². The Labute approximate surface area is 199 Å². The van der Waals surface area contributed by atoms with Crippen LogP contribution in [0.5, 0.6) is 17.2 Å². The number of nitrogens with zero attached hydrogens (tertiary/aromatic N) is 1. The van der Waals surface area contributed by atoms with Crippen LogP contribution in [0.25, 0.3) is 0 Å². The van der Waals surface area contributed by atoms with Crippen LogP contribution in [0.1, 0.15) is 24.9 Å². The molecule has 0 radical (unpaired) electrons. The van der Waals surface area contributed by atoms with Gasteiger partial charge in [0, 0.05) is 12.1 Å². The van der Waals surface area contributed by atoms with E-state index >= 15 is 0 Å². The van der Waals surface area contributed by atoms with Gasteiger partial charge in [-0.3, -0.25) is 9.59 Å². The third kappa shape index (κ3) is 4.69. The Morgan fingerprint density at radius 2 is 1.56 bits per heavy atom. The normalized spacial score (nSPS) is 17.4. The first-order valence-corrected chi connectivity index (χ1v) is 11.2. The van der Waals surface area contributed by atoms with Gasteiger partial charge in [-0.15, -0.1) is 0 Å². The third-order valence-electron chi connectivity index (χ3n) is 5.91. The number of ether oxygens (including phenoxy) is 3. The van der Waals surface area contributed by atoms with Crippen LogP contribution in [0.15, 0.2) is 72.8 Å². The van der Waals surface area contributed by atoms with Crippen molar-refractivity contribution in [2.75, 3.05) is 31.0 Å². The first kappa shape index (κ1) is 23.2. The van der Waals surface area contributed by atoms with Crippen LogP contribution in [-0.2, 0) is 9.59 Å². The molecule has 3 aromatic rings. The summed E-state index contributed by atoms with van der Waals surface area (Å²) in [6.07, 6.45) is 0.0887. The fourth-order valence-electron chi connectivity index (χ4n) is 4.28. The standard InChI is InChI=1S/C27H28N2O5/c1-4-34-24-8-6-5-7-23(24)28-27(31)22-17-25(30)29(19-11-15-21(33-3)16-12-19)26(22)18-9-13-20(32-2)14-10-18/h5-16,22,26H,4,17H2,1-3H3,(H,28,31)/t22-,26-/m1/s1. The predicted octanol–water partition coefficient (Wildman–Crippen LogP) is 4.84. The van der Waals surface area contributed by atoms with Crippen molar-refractivity contribution in [1.29, 1.82) is 0 Å². The highest BCUT2D eigenvalue weighted by molar-refractivity contribution is 6.05. The van der Waals surface area contributed by atoms with Crippen LogP contribution in [0.4, 0.5) is 11.4 Å². The van der Waals surface area contributed by atoms with Crippen LogP contribution in [0, 0.1) is 5.92 Å². The summed E-state index contributed by atoms with van der Waals surface area (Å²) in [6, 6.07) is 21.6. The Morgan fingerprint density at radius 3 is 2.18 bits per heavy atom. The summed E-state index contributed by atoms with van der Waals surface area (Å²) in [5.41, 5.74) is 2.13. The molecule has 7 heteroatoms. The second-order valence-electron chi connectivity index (χ2n) is 7.91. The molecule has 0 saturated carbocycles. The fourth-order valence-corrected chi connectivity index (χ4v) is 4.28. The zero-order chi connectivity index (χ0) is 24.1. The largest absolute Gasteiger partial charge is 0.497 e. The van der Waals surface area contributed by atoms with E-state index in [1.807, 2.05) is 61.5 Å². The summed E-state index contributed by atoms with van der Waals surface area (Å²) in [5.74, 6) is 1.03. The maximum atomic E-state index is 13.5. The van der Waals surface area contributed by atoms with E-state index < -0.39 is 12.0 Å². The minimum Gasteiger partial charge on any atom is -0.497 e. The van der Waals surface area contributed by atoms with E-state index in [0.29, 0.717) is 35.2 Å². The Bertz CT molecular complexity index is 1140. The summed E-state index contributed by atoms with van der Waals surface area (Å²) >= 11 is 0. The number of nitrogens with one attached hydrogen (secondary N) is 1. The van der Waals surface area contributed by atoms with E-state index in [0.717, 1.165) is 5.56 Å². The SMILES string of the molecule is CCOc1ccccc1NC(=O)[C@@H]1CC(=O)N(c2ccc(OC)cc2)[C@@H]1c1ccc(OC)cc1. The van der Waals surface area contributed by atoms with Crippen LogP contribution in [0.3, 0.4) is 0 Å². The molecule has 2 amide bonds. The van der Waals surface area contributed by atoms with Crippen molar-refractivity contribution in [3.8, 4) is 17.2 Å². The molecule has 1 saturated heterocycles. The minimum atomic E-state index is -0.599. The summed E-state index contributed by atoms with van der Waals surface area (Å²) in [6.45, 7) is 2.37. The molecule has 7 nitrogen and oxygen atoms in total. The highest BCUT2D eigenvalue weighted by atomic mass is 16.5. The number of hydrogen-bond acceptors (Lipinski definition) is 5. The summed E-state index contributed by atoms with van der Waals surface area (Å²) < 4.78 is 16.2. The molecule has 1 fully saturated rings. The number of anilines is 2. The molecule has 1 heterocycles.